The van der Waals surface area contributed by atoms with E-state index < -0.39 is 11.7 Å². The molecular weight excluding hydrogens is 271 g/mol. The Kier molecular flexibility index (Phi) is 3.14. The number of aromatic nitrogens is 1. The summed E-state index contributed by atoms with van der Waals surface area (Å²) in [5.41, 5.74) is 0.558. The van der Waals surface area contributed by atoms with Crippen molar-refractivity contribution in [1.82, 2.24) is 4.98 Å². The van der Waals surface area contributed by atoms with Crippen LogP contribution in [0.5, 0.6) is 0 Å². The lowest BCUT2D eigenvalue weighted by atomic mass is 10.1. The van der Waals surface area contributed by atoms with E-state index in [0.717, 1.165) is 12.1 Å². The van der Waals surface area contributed by atoms with Crippen molar-refractivity contribution in [2.75, 3.05) is 0 Å². The molecule has 90 valence electrons. The minimum atomic E-state index is -4.32. The second kappa shape index (κ2) is 4.31. The van der Waals surface area contributed by atoms with Crippen LogP contribution in [-0.4, -0.2) is 4.98 Å². The van der Waals surface area contributed by atoms with Gasteiger partial charge in [-0.3, -0.25) is 0 Å². The van der Waals surface area contributed by atoms with E-state index in [1.54, 1.807) is 12.3 Å². The van der Waals surface area contributed by atoms with Crippen LogP contribution in [0.25, 0.3) is 10.6 Å². The minimum Gasteiger partial charge on any atom is -0.224 e. The fourth-order valence-corrected chi connectivity index (χ4v) is 2.49. The van der Waals surface area contributed by atoms with Crippen molar-refractivity contribution in [3.8, 4) is 10.6 Å². The van der Waals surface area contributed by atoms with E-state index in [4.69, 9.17) is 11.6 Å². The Morgan fingerprint density at radius 3 is 2.47 bits per heavy atom. The summed E-state index contributed by atoms with van der Waals surface area (Å²) in [6, 6.07) is 3.59. The first kappa shape index (κ1) is 12.4. The number of halogens is 4. The number of nitrogens with zero attached hydrogens (tertiary/aromatic N) is 1. The first-order chi connectivity index (χ1) is 7.88. The monoisotopic (exact) mass is 277 g/mol. The predicted molar refractivity (Wildman–Crippen MR) is 62.3 cm³/mol. The van der Waals surface area contributed by atoms with Gasteiger partial charge >= 0.3 is 6.18 Å². The Bertz CT molecular complexity index is 548. The molecule has 1 aromatic carbocycles. The number of benzene rings is 1. The smallest absolute Gasteiger partial charge is 0.224 e. The molecule has 2 rings (SSSR count). The largest absolute Gasteiger partial charge is 0.416 e. The fraction of sp³-hybridized carbons (Fsp3) is 0.182. The van der Waals surface area contributed by atoms with Crippen molar-refractivity contribution >= 4 is 22.9 Å². The Balaban J connectivity index is 2.45. The van der Waals surface area contributed by atoms with Crippen LogP contribution in [0.15, 0.2) is 23.6 Å². The molecule has 0 unspecified atom stereocenters. The molecule has 0 bridgehead atoms. The molecule has 1 nitrogen and oxygen atoms in total. The normalized spacial score (nSPS) is 11.8. The van der Waals surface area contributed by atoms with Gasteiger partial charge in [0.25, 0.3) is 0 Å². The Labute approximate surface area is 105 Å². The molecule has 0 saturated carbocycles. The number of hydrogen-bond acceptors (Lipinski definition) is 2. The molecule has 1 heterocycles. The fourth-order valence-electron chi connectivity index (χ4n) is 1.46. The predicted octanol–water partition coefficient (Wildman–Crippen LogP) is 4.79. The van der Waals surface area contributed by atoms with E-state index in [9.17, 15) is 13.2 Å². The maximum atomic E-state index is 12.5. The van der Waals surface area contributed by atoms with E-state index in [-0.39, 0.29) is 0 Å². The Morgan fingerprint density at radius 1 is 1.29 bits per heavy atom. The summed E-state index contributed by atoms with van der Waals surface area (Å²) < 4.78 is 37.4. The molecule has 0 N–H and O–H groups in total. The highest BCUT2D eigenvalue weighted by molar-refractivity contribution is 7.13. The van der Waals surface area contributed by atoms with Crippen molar-refractivity contribution in [3.63, 3.8) is 0 Å². The molecule has 6 heteroatoms. The van der Waals surface area contributed by atoms with Gasteiger partial charge in [-0.1, -0.05) is 17.7 Å². The first-order valence-corrected chi connectivity index (χ1v) is 5.93. The number of hydrogen-bond donors (Lipinski definition) is 0. The number of thiazole rings is 1. The van der Waals surface area contributed by atoms with Crippen molar-refractivity contribution in [1.29, 1.82) is 0 Å². The summed E-state index contributed by atoms with van der Waals surface area (Å²) in [6.45, 7) is 1.62. The molecule has 0 spiro atoms. The molecule has 0 aliphatic heterocycles. The minimum absolute atomic E-state index is 0.351. The molecule has 17 heavy (non-hydrogen) atoms. The molecule has 0 atom stereocenters. The highest BCUT2D eigenvalue weighted by Crippen LogP contribution is 2.34. The van der Waals surface area contributed by atoms with E-state index >= 15 is 0 Å². The zero-order valence-electron chi connectivity index (χ0n) is 8.68. The lowest BCUT2D eigenvalue weighted by Gasteiger charge is -2.09. The average molecular weight is 278 g/mol. The van der Waals surface area contributed by atoms with Crippen LogP contribution in [-0.2, 0) is 6.18 Å². The summed E-state index contributed by atoms with van der Waals surface area (Å²) in [7, 11) is 0. The van der Waals surface area contributed by atoms with Crippen LogP contribution in [0.1, 0.15) is 11.1 Å². The maximum Gasteiger partial charge on any atom is 0.416 e. The molecule has 2 aromatic rings. The Morgan fingerprint density at radius 2 is 2.00 bits per heavy atom. The summed E-state index contributed by atoms with van der Waals surface area (Å²) in [5, 5.41) is 2.62. The van der Waals surface area contributed by atoms with Gasteiger partial charge in [0.05, 0.1) is 5.56 Å². The SMILES string of the molecule is Cc1cc(C(F)(F)F)ccc1-c1nc(Cl)cs1. The van der Waals surface area contributed by atoms with Gasteiger partial charge < -0.3 is 0 Å². The molecule has 0 aliphatic carbocycles. The zero-order chi connectivity index (χ0) is 12.6. The van der Waals surface area contributed by atoms with Gasteiger partial charge in [-0.15, -0.1) is 11.3 Å². The van der Waals surface area contributed by atoms with Crippen LogP contribution in [0, 0.1) is 6.92 Å². The lowest BCUT2D eigenvalue weighted by molar-refractivity contribution is -0.137. The van der Waals surface area contributed by atoms with Crippen LogP contribution in [0.2, 0.25) is 5.15 Å². The molecule has 0 fully saturated rings. The van der Waals surface area contributed by atoms with Gasteiger partial charge in [-0.05, 0) is 24.6 Å². The third-order valence-electron chi connectivity index (χ3n) is 2.26. The van der Waals surface area contributed by atoms with Gasteiger partial charge in [0, 0.05) is 10.9 Å². The van der Waals surface area contributed by atoms with Gasteiger partial charge in [-0.25, -0.2) is 4.98 Å². The van der Waals surface area contributed by atoms with E-state index in [0.29, 0.717) is 21.3 Å². The van der Waals surface area contributed by atoms with Gasteiger partial charge in [-0.2, -0.15) is 13.2 Å². The second-order valence-corrected chi connectivity index (χ2v) is 4.75. The first-order valence-electron chi connectivity index (χ1n) is 4.67. The Hall–Kier alpha value is -1.07. The van der Waals surface area contributed by atoms with Gasteiger partial charge in [0.1, 0.15) is 10.2 Å². The van der Waals surface area contributed by atoms with Gasteiger partial charge in [0.2, 0.25) is 0 Å². The van der Waals surface area contributed by atoms with Crippen molar-refractivity contribution < 1.29 is 13.2 Å². The van der Waals surface area contributed by atoms with Crippen LogP contribution < -0.4 is 0 Å². The average Bonchev–Trinajstić information content (AvgIpc) is 2.63. The number of rotatable bonds is 1. The topological polar surface area (TPSA) is 12.9 Å². The van der Waals surface area contributed by atoms with Gasteiger partial charge in [0.15, 0.2) is 0 Å². The standard InChI is InChI=1S/C11H7ClF3NS/c1-6-4-7(11(13,14)15)2-3-8(6)10-16-9(12)5-17-10/h2-5H,1H3. The van der Waals surface area contributed by atoms with Crippen LogP contribution in [0.4, 0.5) is 13.2 Å². The molecule has 0 saturated heterocycles. The van der Waals surface area contributed by atoms with E-state index in [1.165, 1.54) is 17.4 Å². The molecule has 0 aliphatic rings. The van der Waals surface area contributed by atoms with E-state index in [2.05, 4.69) is 4.98 Å². The summed E-state index contributed by atoms with van der Waals surface area (Å²) >= 11 is 6.99. The summed E-state index contributed by atoms with van der Waals surface area (Å²) in [6.07, 6.45) is -4.32. The highest BCUT2D eigenvalue weighted by Gasteiger charge is 2.30. The second-order valence-electron chi connectivity index (χ2n) is 3.50. The molecular formula is C11H7ClF3NS. The number of alkyl halides is 3. The highest BCUT2D eigenvalue weighted by atomic mass is 35.5. The third kappa shape index (κ3) is 2.61. The van der Waals surface area contributed by atoms with Crippen LogP contribution >= 0.6 is 22.9 Å². The number of aryl methyl sites for hydroxylation is 1. The maximum absolute atomic E-state index is 12.5. The van der Waals surface area contributed by atoms with Crippen LogP contribution in [0.3, 0.4) is 0 Å². The van der Waals surface area contributed by atoms with Crippen molar-refractivity contribution in [2.24, 2.45) is 0 Å². The van der Waals surface area contributed by atoms with E-state index in [1.807, 2.05) is 0 Å². The molecule has 0 radical (unpaired) electrons. The molecule has 1 aromatic heterocycles. The quantitative estimate of drug-likeness (QED) is 0.730. The third-order valence-corrected chi connectivity index (χ3v) is 3.46. The zero-order valence-corrected chi connectivity index (χ0v) is 10.2. The van der Waals surface area contributed by atoms with Crippen molar-refractivity contribution in [2.45, 2.75) is 13.1 Å². The van der Waals surface area contributed by atoms with Crippen molar-refractivity contribution in [3.05, 3.63) is 39.9 Å². The molecule has 0 amide bonds. The summed E-state index contributed by atoms with van der Waals surface area (Å²) in [5.74, 6) is 0. The summed E-state index contributed by atoms with van der Waals surface area (Å²) in [4.78, 5) is 4.04. The lowest BCUT2D eigenvalue weighted by Crippen LogP contribution is -2.05.